The van der Waals surface area contributed by atoms with Crippen molar-refractivity contribution in [2.45, 2.75) is 63.3 Å². The molecule has 1 heterocycles. The van der Waals surface area contributed by atoms with Crippen LogP contribution in [0.3, 0.4) is 0 Å². The van der Waals surface area contributed by atoms with E-state index in [0.717, 1.165) is 18.4 Å². The fourth-order valence-corrected chi connectivity index (χ4v) is 5.39. The topological polar surface area (TPSA) is 69.7 Å². The van der Waals surface area contributed by atoms with Crippen LogP contribution in [-0.4, -0.2) is 53.7 Å². The van der Waals surface area contributed by atoms with E-state index >= 15 is 0 Å². The molecule has 1 saturated heterocycles. The Balaban J connectivity index is 1.48. The molecule has 6 heteroatoms. The SMILES string of the molecule is CC(=O)N1CCC(C(=O)Nc2ccc(C(=O)N(C)C3CCCCC3)cc2)(c2ccccc2)CC1. The van der Waals surface area contributed by atoms with Gasteiger partial charge in [0.25, 0.3) is 5.91 Å². The average molecular weight is 462 g/mol. The third-order valence-corrected chi connectivity index (χ3v) is 7.66. The Labute approximate surface area is 202 Å². The second kappa shape index (κ2) is 10.4. The normalized spacial score (nSPS) is 18.2. The van der Waals surface area contributed by atoms with Gasteiger partial charge in [-0.3, -0.25) is 14.4 Å². The molecular weight excluding hydrogens is 426 g/mol. The molecule has 4 rings (SSSR count). The highest BCUT2D eigenvalue weighted by Gasteiger charge is 2.43. The van der Waals surface area contributed by atoms with E-state index in [-0.39, 0.29) is 17.7 Å². The van der Waals surface area contributed by atoms with Gasteiger partial charge in [0.1, 0.15) is 0 Å². The van der Waals surface area contributed by atoms with Crippen LogP contribution in [0.15, 0.2) is 54.6 Å². The van der Waals surface area contributed by atoms with Gasteiger partial charge in [0.15, 0.2) is 0 Å². The smallest absolute Gasteiger partial charge is 0.253 e. The summed E-state index contributed by atoms with van der Waals surface area (Å²) in [4.78, 5) is 42.1. The van der Waals surface area contributed by atoms with Crippen LogP contribution in [0.2, 0.25) is 0 Å². The Hall–Kier alpha value is -3.15. The van der Waals surface area contributed by atoms with Crippen molar-refractivity contribution in [1.82, 2.24) is 9.80 Å². The first kappa shape index (κ1) is 24.0. The summed E-state index contributed by atoms with van der Waals surface area (Å²) in [6.07, 6.45) is 6.90. The maximum atomic E-state index is 13.6. The van der Waals surface area contributed by atoms with Crippen molar-refractivity contribution in [2.24, 2.45) is 0 Å². The number of amides is 3. The van der Waals surface area contributed by atoms with Crippen molar-refractivity contribution in [3.8, 4) is 0 Å². The van der Waals surface area contributed by atoms with Gasteiger partial charge in [-0.2, -0.15) is 0 Å². The molecule has 0 bridgehead atoms. The predicted octanol–water partition coefficient (Wildman–Crippen LogP) is 4.61. The van der Waals surface area contributed by atoms with Crippen molar-refractivity contribution in [1.29, 1.82) is 0 Å². The first-order chi connectivity index (χ1) is 16.4. The van der Waals surface area contributed by atoms with Gasteiger partial charge in [0, 0.05) is 44.4 Å². The Morgan fingerprint density at radius 1 is 0.912 bits per heavy atom. The molecule has 34 heavy (non-hydrogen) atoms. The number of nitrogens with one attached hydrogen (secondary N) is 1. The lowest BCUT2D eigenvalue weighted by Gasteiger charge is -2.40. The summed E-state index contributed by atoms with van der Waals surface area (Å²) >= 11 is 0. The van der Waals surface area contributed by atoms with Gasteiger partial charge in [0.05, 0.1) is 5.41 Å². The summed E-state index contributed by atoms with van der Waals surface area (Å²) in [5.41, 5.74) is 1.59. The minimum absolute atomic E-state index is 0.0298. The van der Waals surface area contributed by atoms with E-state index < -0.39 is 5.41 Å². The van der Waals surface area contributed by atoms with E-state index in [4.69, 9.17) is 0 Å². The molecule has 3 amide bonds. The number of carbonyl (C=O) groups is 3. The van der Waals surface area contributed by atoms with Crippen LogP contribution < -0.4 is 5.32 Å². The maximum Gasteiger partial charge on any atom is 0.253 e. The van der Waals surface area contributed by atoms with Gasteiger partial charge in [-0.1, -0.05) is 49.6 Å². The lowest BCUT2D eigenvalue weighted by Crippen LogP contribution is -2.50. The lowest BCUT2D eigenvalue weighted by molar-refractivity contribution is -0.133. The summed E-state index contributed by atoms with van der Waals surface area (Å²) in [6.45, 7) is 2.68. The molecule has 0 radical (unpaired) electrons. The van der Waals surface area contributed by atoms with Crippen LogP contribution in [0, 0.1) is 0 Å². The average Bonchev–Trinajstić information content (AvgIpc) is 2.89. The third kappa shape index (κ3) is 5.01. The van der Waals surface area contributed by atoms with Crippen molar-refractivity contribution in [3.63, 3.8) is 0 Å². The van der Waals surface area contributed by atoms with Crippen molar-refractivity contribution in [3.05, 3.63) is 65.7 Å². The summed E-state index contributed by atoms with van der Waals surface area (Å²) < 4.78 is 0. The molecule has 0 aromatic heterocycles. The van der Waals surface area contributed by atoms with E-state index in [0.29, 0.717) is 43.2 Å². The molecule has 1 aliphatic heterocycles. The highest BCUT2D eigenvalue weighted by Crippen LogP contribution is 2.37. The zero-order chi connectivity index (χ0) is 24.1. The van der Waals surface area contributed by atoms with E-state index in [1.165, 1.54) is 19.3 Å². The zero-order valence-corrected chi connectivity index (χ0v) is 20.3. The van der Waals surface area contributed by atoms with Gasteiger partial charge in [-0.05, 0) is 55.5 Å². The molecule has 180 valence electrons. The van der Waals surface area contributed by atoms with E-state index in [1.807, 2.05) is 54.4 Å². The van der Waals surface area contributed by atoms with Crippen LogP contribution in [0.25, 0.3) is 0 Å². The molecule has 0 unspecified atom stereocenters. The number of hydrogen-bond acceptors (Lipinski definition) is 3. The predicted molar refractivity (Wildman–Crippen MR) is 134 cm³/mol. The number of piperidine rings is 1. The minimum Gasteiger partial charge on any atom is -0.343 e. The number of anilines is 1. The molecular formula is C28H35N3O3. The highest BCUT2D eigenvalue weighted by atomic mass is 16.2. The number of rotatable bonds is 5. The molecule has 1 N–H and O–H groups in total. The molecule has 0 atom stereocenters. The summed E-state index contributed by atoms with van der Waals surface area (Å²) in [6, 6.07) is 17.3. The number of likely N-dealkylation sites (tertiary alicyclic amines) is 1. The number of nitrogens with zero attached hydrogens (tertiary/aromatic N) is 2. The molecule has 2 aliphatic rings. The summed E-state index contributed by atoms with van der Waals surface area (Å²) in [5.74, 6) is 0.00274. The van der Waals surface area contributed by atoms with Crippen LogP contribution in [0.4, 0.5) is 5.69 Å². The summed E-state index contributed by atoms with van der Waals surface area (Å²) in [5, 5.41) is 3.09. The second-order valence-electron chi connectivity index (χ2n) is 9.69. The Kier molecular flexibility index (Phi) is 7.35. The van der Waals surface area contributed by atoms with Crippen molar-refractivity contribution >= 4 is 23.4 Å². The van der Waals surface area contributed by atoms with E-state index in [2.05, 4.69) is 5.32 Å². The number of hydrogen-bond donors (Lipinski definition) is 1. The highest BCUT2D eigenvalue weighted by molar-refractivity contribution is 6.00. The minimum atomic E-state index is -0.692. The van der Waals surface area contributed by atoms with Gasteiger partial charge in [-0.25, -0.2) is 0 Å². The van der Waals surface area contributed by atoms with Crippen molar-refractivity contribution < 1.29 is 14.4 Å². The molecule has 0 spiro atoms. The summed E-state index contributed by atoms with van der Waals surface area (Å²) in [7, 11) is 1.89. The largest absolute Gasteiger partial charge is 0.343 e. The Bertz CT molecular complexity index is 1000. The fraction of sp³-hybridized carbons (Fsp3) is 0.464. The van der Waals surface area contributed by atoms with Crippen LogP contribution >= 0.6 is 0 Å². The first-order valence-corrected chi connectivity index (χ1v) is 12.4. The van der Waals surface area contributed by atoms with Crippen LogP contribution in [0.5, 0.6) is 0 Å². The zero-order valence-electron chi connectivity index (χ0n) is 20.3. The van der Waals surface area contributed by atoms with Crippen molar-refractivity contribution in [2.75, 3.05) is 25.5 Å². The Morgan fingerprint density at radius 3 is 2.12 bits per heavy atom. The lowest BCUT2D eigenvalue weighted by atomic mass is 9.72. The maximum absolute atomic E-state index is 13.6. The second-order valence-corrected chi connectivity index (χ2v) is 9.69. The van der Waals surface area contributed by atoms with Crippen LogP contribution in [0.1, 0.15) is 67.8 Å². The molecule has 1 aliphatic carbocycles. The molecule has 2 aromatic carbocycles. The van der Waals surface area contributed by atoms with E-state index in [1.54, 1.807) is 24.0 Å². The Morgan fingerprint density at radius 2 is 1.53 bits per heavy atom. The third-order valence-electron chi connectivity index (χ3n) is 7.66. The van der Waals surface area contributed by atoms with Gasteiger partial charge >= 0.3 is 0 Å². The van der Waals surface area contributed by atoms with Crippen LogP contribution in [-0.2, 0) is 15.0 Å². The van der Waals surface area contributed by atoms with Gasteiger partial charge in [0.2, 0.25) is 11.8 Å². The van der Waals surface area contributed by atoms with Gasteiger partial charge in [-0.15, -0.1) is 0 Å². The quantitative estimate of drug-likeness (QED) is 0.707. The van der Waals surface area contributed by atoms with E-state index in [9.17, 15) is 14.4 Å². The molecule has 2 fully saturated rings. The standard InChI is InChI=1S/C28H35N3O3/c1-21(32)31-19-17-28(18-20-31,23-9-5-3-6-10-23)27(34)29-24-15-13-22(14-16-24)26(33)30(2)25-11-7-4-8-12-25/h3,5-6,9-10,13-16,25H,4,7-8,11-12,17-20H2,1-2H3,(H,29,34). The first-order valence-electron chi connectivity index (χ1n) is 12.4. The fourth-order valence-electron chi connectivity index (χ4n) is 5.39. The number of benzene rings is 2. The molecule has 6 nitrogen and oxygen atoms in total. The molecule has 1 saturated carbocycles. The molecule has 2 aromatic rings. The number of carbonyl (C=O) groups excluding carboxylic acids is 3. The van der Waals surface area contributed by atoms with Gasteiger partial charge < -0.3 is 15.1 Å². The monoisotopic (exact) mass is 461 g/mol.